The molecule has 0 bridgehead atoms. The zero-order chi connectivity index (χ0) is 18.1. The normalized spacial score (nSPS) is 24.5. The summed E-state index contributed by atoms with van der Waals surface area (Å²) in [6, 6.07) is 7.80. The molecule has 1 unspecified atom stereocenters. The standard InChI is InChI=1S/C19H26N2O4/c1-18(16(22)23)10-11-21(13-18)17(24)20-12-19(8-5-9-19)14-6-3-4-7-15(14)25-2/h3-4,6-7H,5,8-13H2,1-2H3,(H,20,24)(H,22,23). The molecule has 1 saturated carbocycles. The molecule has 136 valence electrons. The molecule has 2 fully saturated rings. The lowest BCUT2D eigenvalue weighted by molar-refractivity contribution is -0.147. The number of carbonyl (C=O) groups is 2. The van der Waals surface area contributed by atoms with Crippen LogP contribution >= 0.6 is 0 Å². The Morgan fingerprint density at radius 3 is 2.56 bits per heavy atom. The third-order valence-electron chi connectivity index (χ3n) is 5.84. The van der Waals surface area contributed by atoms with E-state index in [-0.39, 0.29) is 18.0 Å². The van der Waals surface area contributed by atoms with Crippen LogP contribution in [-0.4, -0.2) is 48.8 Å². The molecule has 1 saturated heterocycles. The molecule has 0 radical (unpaired) electrons. The molecule has 1 atom stereocenters. The molecule has 1 heterocycles. The first-order valence-corrected chi connectivity index (χ1v) is 8.80. The number of methoxy groups -OCH3 is 1. The number of benzene rings is 1. The average Bonchev–Trinajstić information content (AvgIpc) is 2.98. The van der Waals surface area contributed by atoms with Gasteiger partial charge in [0.15, 0.2) is 0 Å². The van der Waals surface area contributed by atoms with Crippen molar-refractivity contribution >= 4 is 12.0 Å². The van der Waals surface area contributed by atoms with Crippen molar-refractivity contribution in [2.24, 2.45) is 5.41 Å². The molecule has 1 aromatic carbocycles. The van der Waals surface area contributed by atoms with Crippen molar-refractivity contribution in [3.63, 3.8) is 0 Å². The maximum Gasteiger partial charge on any atom is 0.317 e. The van der Waals surface area contributed by atoms with Crippen LogP contribution in [0.3, 0.4) is 0 Å². The van der Waals surface area contributed by atoms with Crippen LogP contribution in [0.5, 0.6) is 5.75 Å². The van der Waals surface area contributed by atoms with Gasteiger partial charge in [-0.15, -0.1) is 0 Å². The van der Waals surface area contributed by atoms with Crippen molar-refractivity contribution in [1.29, 1.82) is 0 Å². The minimum absolute atomic E-state index is 0.0852. The van der Waals surface area contributed by atoms with Gasteiger partial charge in [-0.2, -0.15) is 0 Å². The minimum Gasteiger partial charge on any atom is -0.496 e. The van der Waals surface area contributed by atoms with Gasteiger partial charge < -0.3 is 20.1 Å². The summed E-state index contributed by atoms with van der Waals surface area (Å²) in [7, 11) is 1.67. The highest BCUT2D eigenvalue weighted by molar-refractivity contribution is 5.79. The number of carbonyl (C=O) groups excluding carboxylic acids is 1. The topological polar surface area (TPSA) is 78.9 Å². The number of carboxylic acid groups (broad SMARTS) is 1. The molecule has 1 aliphatic carbocycles. The number of carboxylic acids is 1. The van der Waals surface area contributed by atoms with Crippen LogP contribution in [0.4, 0.5) is 4.79 Å². The van der Waals surface area contributed by atoms with Crippen LogP contribution in [0.15, 0.2) is 24.3 Å². The predicted molar refractivity (Wildman–Crippen MR) is 93.9 cm³/mol. The molecule has 0 spiro atoms. The smallest absolute Gasteiger partial charge is 0.317 e. The van der Waals surface area contributed by atoms with Crippen molar-refractivity contribution < 1.29 is 19.4 Å². The van der Waals surface area contributed by atoms with Gasteiger partial charge in [0.05, 0.1) is 12.5 Å². The number of hydrogen-bond acceptors (Lipinski definition) is 3. The Hall–Kier alpha value is -2.24. The second kappa shape index (κ2) is 6.58. The first kappa shape index (κ1) is 17.6. The SMILES string of the molecule is COc1ccccc1C1(CNC(=O)N2CCC(C)(C(=O)O)C2)CCC1. The van der Waals surface area contributed by atoms with Crippen molar-refractivity contribution in [3.8, 4) is 5.75 Å². The lowest BCUT2D eigenvalue weighted by atomic mass is 9.64. The molecule has 1 aromatic rings. The van der Waals surface area contributed by atoms with Gasteiger partial charge in [0.2, 0.25) is 0 Å². The fourth-order valence-corrected chi connectivity index (χ4v) is 3.89. The van der Waals surface area contributed by atoms with Crippen LogP contribution < -0.4 is 10.1 Å². The van der Waals surface area contributed by atoms with E-state index in [1.807, 2.05) is 18.2 Å². The Bertz CT molecular complexity index is 671. The number of hydrogen-bond donors (Lipinski definition) is 2. The average molecular weight is 346 g/mol. The predicted octanol–water partition coefficient (Wildman–Crippen LogP) is 2.62. The van der Waals surface area contributed by atoms with E-state index in [1.54, 1.807) is 18.9 Å². The first-order valence-electron chi connectivity index (χ1n) is 8.80. The van der Waals surface area contributed by atoms with Gasteiger partial charge in [0.25, 0.3) is 0 Å². The van der Waals surface area contributed by atoms with Crippen LogP contribution in [0.25, 0.3) is 0 Å². The summed E-state index contributed by atoms with van der Waals surface area (Å²) < 4.78 is 5.50. The van der Waals surface area contributed by atoms with Gasteiger partial charge in [-0.3, -0.25) is 4.79 Å². The fraction of sp³-hybridized carbons (Fsp3) is 0.579. The van der Waals surface area contributed by atoms with Crippen LogP contribution in [0.2, 0.25) is 0 Å². The fourth-order valence-electron chi connectivity index (χ4n) is 3.89. The molecule has 2 N–H and O–H groups in total. The minimum atomic E-state index is -0.840. The van der Waals surface area contributed by atoms with Gasteiger partial charge in [-0.05, 0) is 32.3 Å². The largest absolute Gasteiger partial charge is 0.496 e. The zero-order valence-corrected chi connectivity index (χ0v) is 14.9. The first-order chi connectivity index (χ1) is 11.9. The van der Waals surface area contributed by atoms with Crippen LogP contribution in [-0.2, 0) is 10.2 Å². The monoisotopic (exact) mass is 346 g/mol. The van der Waals surface area contributed by atoms with Gasteiger partial charge in [-0.1, -0.05) is 24.6 Å². The maximum absolute atomic E-state index is 12.5. The van der Waals surface area contributed by atoms with Crippen molar-refractivity contribution in [3.05, 3.63) is 29.8 Å². The second-order valence-electron chi connectivity index (χ2n) is 7.53. The number of aliphatic carboxylic acids is 1. The second-order valence-corrected chi connectivity index (χ2v) is 7.53. The van der Waals surface area contributed by atoms with E-state index in [0.717, 1.165) is 30.6 Å². The Labute approximate surface area is 148 Å². The Morgan fingerprint density at radius 2 is 2.00 bits per heavy atom. The summed E-state index contributed by atoms with van der Waals surface area (Å²) in [5, 5.41) is 12.3. The van der Waals surface area contributed by atoms with Gasteiger partial charge >= 0.3 is 12.0 Å². The number of para-hydroxylation sites is 1. The van der Waals surface area contributed by atoms with E-state index < -0.39 is 11.4 Å². The molecule has 6 nitrogen and oxygen atoms in total. The molecule has 1 aliphatic heterocycles. The van der Waals surface area contributed by atoms with Gasteiger partial charge in [0, 0.05) is 30.6 Å². The van der Waals surface area contributed by atoms with E-state index in [9.17, 15) is 14.7 Å². The van der Waals surface area contributed by atoms with E-state index in [2.05, 4.69) is 11.4 Å². The van der Waals surface area contributed by atoms with E-state index in [4.69, 9.17) is 4.74 Å². The number of likely N-dealkylation sites (tertiary alicyclic amines) is 1. The molecule has 3 rings (SSSR count). The molecule has 6 heteroatoms. The van der Waals surface area contributed by atoms with Crippen molar-refractivity contribution in [2.75, 3.05) is 26.7 Å². The third kappa shape index (κ3) is 3.17. The Kier molecular flexibility index (Phi) is 4.62. The van der Waals surface area contributed by atoms with Crippen LogP contribution in [0.1, 0.15) is 38.2 Å². The summed E-state index contributed by atoms with van der Waals surface area (Å²) in [6.07, 6.45) is 3.66. The zero-order valence-electron chi connectivity index (χ0n) is 14.9. The number of ether oxygens (including phenoxy) is 1. The van der Waals surface area contributed by atoms with E-state index in [1.165, 1.54) is 0 Å². The maximum atomic E-state index is 12.5. The summed E-state index contributed by atoms with van der Waals surface area (Å²) >= 11 is 0. The van der Waals surface area contributed by atoms with Crippen LogP contribution in [0, 0.1) is 5.41 Å². The lowest BCUT2D eigenvalue weighted by Gasteiger charge is -2.43. The summed E-state index contributed by atoms with van der Waals surface area (Å²) in [6.45, 7) is 2.99. The third-order valence-corrected chi connectivity index (χ3v) is 5.84. The van der Waals surface area contributed by atoms with E-state index in [0.29, 0.717) is 19.5 Å². The van der Waals surface area contributed by atoms with Gasteiger partial charge in [0.1, 0.15) is 5.75 Å². The Balaban J connectivity index is 1.66. The number of amides is 2. The highest BCUT2D eigenvalue weighted by Gasteiger charge is 2.44. The van der Waals surface area contributed by atoms with E-state index >= 15 is 0 Å². The summed E-state index contributed by atoms with van der Waals surface area (Å²) in [5.41, 5.74) is 0.215. The molecule has 0 aromatic heterocycles. The molecule has 2 aliphatic rings. The van der Waals surface area contributed by atoms with Gasteiger partial charge in [-0.25, -0.2) is 4.79 Å². The number of rotatable bonds is 5. The quantitative estimate of drug-likeness (QED) is 0.859. The highest BCUT2D eigenvalue weighted by atomic mass is 16.5. The molecular weight excluding hydrogens is 320 g/mol. The van der Waals surface area contributed by atoms with Crippen molar-refractivity contribution in [2.45, 2.75) is 38.0 Å². The Morgan fingerprint density at radius 1 is 1.28 bits per heavy atom. The summed E-state index contributed by atoms with van der Waals surface area (Å²) in [5.74, 6) is 0.0170. The highest BCUT2D eigenvalue weighted by Crippen LogP contribution is 2.46. The number of nitrogens with zero attached hydrogens (tertiary/aromatic N) is 1. The van der Waals surface area contributed by atoms with Crippen molar-refractivity contribution in [1.82, 2.24) is 10.2 Å². The number of nitrogens with one attached hydrogen (secondary N) is 1. The molecule has 25 heavy (non-hydrogen) atoms. The molecule has 2 amide bonds. The molecular formula is C19H26N2O4. The lowest BCUT2D eigenvalue weighted by Crippen LogP contribution is -2.49. The number of urea groups is 1. The summed E-state index contributed by atoms with van der Waals surface area (Å²) in [4.78, 5) is 25.5.